The molecule has 0 spiro atoms. The van der Waals surface area contributed by atoms with Crippen molar-refractivity contribution in [1.82, 2.24) is 5.32 Å². The molecule has 3 heteroatoms. The Kier molecular flexibility index (Phi) is 2.96. The molecular weight excluding hydrogens is 166 g/mol. The average Bonchev–Trinajstić information content (AvgIpc) is 2.31. The first-order valence-electron chi connectivity index (χ1n) is 4.97. The Morgan fingerprint density at radius 3 is 2.54 bits per heavy atom. The van der Waals surface area contributed by atoms with E-state index in [9.17, 15) is 4.79 Å². The van der Waals surface area contributed by atoms with Crippen LogP contribution in [-0.2, 0) is 4.79 Å². The van der Waals surface area contributed by atoms with Crippen molar-refractivity contribution in [3.63, 3.8) is 0 Å². The van der Waals surface area contributed by atoms with Gasteiger partial charge in [0.05, 0.1) is 0 Å². The highest BCUT2D eigenvalue weighted by Crippen LogP contribution is 2.34. The quantitative estimate of drug-likeness (QED) is 0.702. The molecule has 1 aliphatic rings. The van der Waals surface area contributed by atoms with Crippen LogP contribution < -0.4 is 5.32 Å². The lowest BCUT2D eigenvalue weighted by Gasteiger charge is -2.28. The van der Waals surface area contributed by atoms with Gasteiger partial charge in [-0.1, -0.05) is 6.92 Å². The second-order valence-electron chi connectivity index (χ2n) is 4.53. The Morgan fingerprint density at radius 2 is 2.23 bits per heavy atom. The number of hydrogen-bond donors (Lipinski definition) is 2. The molecule has 0 bridgehead atoms. The number of hydrogen-bond acceptors (Lipinski definition) is 2. The van der Waals surface area contributed by atoms with E-state index >= 15 is 0 Å². The zero-order valence-corrected chi connectivity index (χ0v) is 8.63. The molecule has 0 amide bonds. The summed E-state index contributed by atoms with van der Waals surface area (Å²) in [5.41, 5.74) is -0.645. The molecule has 3 nitrogen and oxygen atoms in total. The molecule has 2 unspecified atom stereocenters. The van der Waals surface area contributed by atoms with Crippen molar-refractivity contribution in [2.75, 3.05) is 0 Å². The average molecular weight is 185 g/mol. The molecule has 0 aliphatic heterocycles. The SMILES string of the molecule is CC1CCC(NC(C)C)(C(=O)O)C1. The van der Waals surface area contributed by atoms with Gasteiger partial charge in [-0.2, -0.15) is 0 Å². The van der Waals surface area contributed by atoms with E-state index < -0.39 is 11.5 Å². The fourth-order valence-electron chi connectivity index (χ4n) is 2.23. The topological polar surface area (TPSA) is 49.3 Å². The second kappa shape index (κ2) is 3.66. The van der Waals surface area contributed by atoms with E-state index in [-0.39, 0.29) is 6.04 Å². The lowest BCUT2D eigenvalue weighted by atomic mass is 9.95. The molecule has 0 aromatic rings. The van der Waals surface area contributed by atoms with Crippen molar-refractivity contribution in [2.24, 2.45) is 5.92 Å². The van der Waals surface area contributed by atoms with Crippen LogP contribution >= 0.6 is 0 Å². The van der Waals surface area contributed by atoms with Gasteiger partial charge in [0.15, 0.2) is 0 Å². The van der Waals surface area contributed by atoms with Gasteiger partial charge in [-0.05, 0) is 39.0 Å². The number of carboxylic acid groups (broad SMARTS) is 1. The van der Waals surface area contributed by atoms with Crippen molar-refractivity contribution in [3.8, 4) is 0 Å². The molecule has 13 heavy (non-hydrogen) atoms. The third-order valence-electron chi connectivity index (χ3n) is 2.74. The normalized spacial score (nSPS) is 34.0. The maximum atomic E-state index is 11.1. The van der Waals surface area contributed by atoms with E-state index in [4.69, 9.17) is 5.11 Å². The van der Waals surface area contributed by atoms with Crippen molar-refractivity contribution in [1.29, 1.82) is 0 Å². The van der Waals surface area contributed by atoms with Crippen molar-refractivity contribution in [3.05, 3.63) is 0 Å². The molecule has 1 aliphatic carbocycles. The molecule has 0 heterocycles. The van der Waals surface area contributed by atoms with Gasteiger partial charge in [-0.25, -0.2) is 0 Å². The number of aliphatic carboxylic acids is 1. The first-order chi connectivity index (χ1) is 5.96. The molecular formula is C10H19NO2. The molecule has 2 atom stereocenters. The molecule has 0 radical (unpaired) electrons. The van der Waals surface area contributed by atoms with Crippen LogP contribution in [-0.4, -0.2) is 22.7 Å². The van der Waals surface area contributed by atoms with Gasteiger partial charge in [0.25, 0.3) is 0 Å². The van der Waals surface area contributed by atoms with Gasteiger partial charge >= 0.3 is 5.97 Å². The zero-order valence-electron chi connectivity index (χ0n) is 8.63. The van der Waals surface area contributed by atoms with Gasteiger partial charge in [0.1, 0.15) is 5.54 Å². The number of carboxylic acids is 1. The van der Waals surface area contributed by atoms with E-state index in [0.717, 1.165) is 19.3 Å². The summed E-state index contributed by atoms with van der Waals surface area (Å²) in [7, 11) is 0. The van der Waals surface area contributed by atoms with E-state index in [2.05, 4.69) is 12.2 Å². The Labute approximate surface area is 79.5 Å². The van der Waals surface area contributed by atoms with Gasteiger partial charge in [0, 0.05) is 6.04 Å². The Morgan fingerprint density at radius 1 is 1.62 bits per heavy atom. The standard InChI is InChI=1S/C10H19NO2/c1-7(2)11-10(9(12)13)5-4-8(3)6-10/h7-8,11H,4-6H2,1-3H3,(H,12,13). The third kappa shape index (κ3) is 2.21. The van der Waals surface area contributed by atoms with Gasteiger partial charge < -0.3 is 5.11 Å². The molecule has 0 saturated heterocycles. The summed E-state index contributed by atoms with van der Waals surface area (Å²) in [5, 5.41) is 12.4. The van der Waals surface area contributed by atoms with Crippen LogP contribution in [0.4, 0.5) is 0 Å². The lowest BCUT2D eigenvalue weighted by Crippen LogP contribution is -2.52. The lowest BCUT2D eigenvalue weighted by molar-refractivity contribution is -0.145. The van der Waals surface area contributed by atoms with Gasteiger partial charge in [-0.15, -0.1) is 0 Å². The summed E-state index contributed by atoms with van der Waals surface area (Å²) in [4.78, 5) is 11.1. The van der Waals surface area contributed by atoms with E-state index in [0.29, 0.717) is 5.92 Å². The molecule has 1 fully saturated rings. The minimum Gasteiger partial charge on any atom is -0.480 e. The van der Waals surface area contributed by atoms with Crippen LogP contribution in [0.25, 0.3) is 0 Å². The van der Waals surface area contributed by atoms with Crippen LogP contribution in [0.15, 0.2) is 0 Å². The fourth-order valence-corrected chi connectivity index (χ4v) is 2.23. The predicted octanol–water partition coefficient (Wildman–Crippen LogP) is 1.63. The monoisotopic (exact) mass is 185 g/mol. The number of rotatable bonds is 3. The van der Waals surface area contributed by atoms with Crippen LogP contribution in [0.2, 0.25) is 0 Å². The van der Waals surface area contributed by atoms with E-state index in [1.165, 1.54) is 0 Å². The predicted molar refractivity (Wildman–Crippen MR) is 51.7 cm³/mol. The minimum atomic E-state index is -0.689. The molecule has 1 saturated carbocycles. The summed E-state index contributed by atoms with van der Waals surface area (Å²) < 4.78 is 0. The van der Waals surface area contributed by atoms with Crippen LogP contribution in [0.5, 0.6) is 0 Å². The first-order valence-corrected chi connectivity index (χ1v) is 4.97. The van der Waals surface area contributed by atoms with Crippen LogP contribution in [0.3, 0.4) is 0 Å². The first kappa shape index (κ1) is 10.5. The Hall–Kier alpha value is -0.570. The van der Waals surface area contributed by atoms with Gasteiger partial charge in [-0.3, -0.25) is 10.1 Å². The third-order valence-corrected chi connectivity index (χ3v) is 2.74. The fraction of sp³-hybridized carbons (Fsp3) is 0.900. The van der Waals surface area contributed by atoms with Crippen molar-refractivity contribution >= 4 is 5.97 Å². The maximum Gasteiger partial charge on any atom is 0.323 e. The molecule has 1 rings (SSSR count). The summed E-state index contributed by atoms with van der Waals surface area (Å²) in [5.74, 6) is -0.159. The van der Waals surface area contributed by atoms with Crippen molar-refractivity contribution < 1.29 is 9.90 Å². The summed E-state index contributed by atoms with van der Waals surface area (Å²) >= 11 is 0. The molecule has 2 N–H and O–H groups in total. The molecule has 0 aromatic carbocycles. The Bertz CT molecular complexity index is 203. The summed E-state index contributed by atoms with van der Waals surface area (Å²) in [6, 6.07) is 0.237. The zero-order chi connectivity index (χ0) is 10.1. The maximum absolute atomic E-state index is 11.1. The summed E-state index contributed by atoms with van der Waals surface area (Å²) in [6.45, 7) is 6.11. The van der Waals surface area contributed by atoms with Crippen molar-refractivity contribution in [2.45, 2.75) is 51.6 Å². The smallest absolute Gasteiger partial charge is 0.323 e. The highest BCUT2D eigenvalue weighted by atomic mass is 16.4. The Balaban J connectivity index is 2.71. The van der Waals surface area contributed by atoms with Crippen LogP contribution in [0.1, 0.15) is 40.0 Å². The number of carbonyl (C=O) groups is 1. The molecule has 0 aromatic heterocycles. The van der Waals surface area contributed by atoms with Gasteiger partial charge in [0.2, 0.25) is 0 Å². The second-order valence-corrected chi connectivity index (χ2v) is 4.53. The van der Waals surface area contributed by atoms with E-state index in [1.54, 1.807) is 0 Å². The number of nitrogens with one attached hydrogen (secondary N) is 1. The molecule has 76 valence electrons. The highest BCUT2D eigenvalue weighted by molar-refractivity contribution is 5.79. The van der Waals surface area contributed by atoms with E-state index in [1.807, 2.05) is 13.8 Å². The van der Waals surface area contributed by atoms with Crippen LogP contribution in [0, 0.1) is 5.92 Å². The minimum absolute atomic E-state index is 0.237. The largest absolute Gasteiger partial charge is 0.480 e. The summed E-state index contributed by atoms with van der Waals surface area (Å²) in [6.07, 6.45) is 2.55. The highest BCUT2D eigenvalue weighted by Gasteiger charge is 2.44.